The molecule has 1 atom stereocenters. The van der Waals surface area contributed by atoms with Crippen molar-refractivity contribution >= 4 is 11.3 Å². The minimum atomic E-state index is -0.378. The lowest BCUT2D eigenvalue weighted by Crippen LogP contribution is -2.18. The van der Waals surface area contributed by atoms with Gasteiger partial charge in [0.2, 0.25) is 0 Å². The minimum Gasteiger partial charge on any atom is -0.307 e. The van der Waals surface area contributed by atoms with Crippen LogP contribution in [0.1, 0.15) is 29.7 Å². The zero-order valence-corrected chi connectivity index (χ0v) is 15.2. The van der Waals surface area contributed by atoms with E-state index in [0.717, 1.165) is 5.56 Å². The molecular formula is C23H22N2O2. The Morgan fingerprint density at radius 1 is 0.926 bits per heavy atom. The fourth-order valence-corrected chi connectivity index (χ4v) is 2.98. The quantitative estimate of drug-likeness (QED) is 0.456. The van der Waals surface area contributed by atoms with Gasteiger partial charge in [-0.25, -0.2) is 0 Å². The molecule has 0 unspecified atom stereocenters. The summed E-state index contributed by atoms with van der Waals surface area (Å²) >= 11 is 0. The first kappa shape index (κ1) is 18.5. The van der Waals surface area contributed by atoms with Gasteiger partial charge in [0.15, 0.2) is 0 Å². The molecule has 0 aliphatic rings. The maximum Gasteiger partial charge on any atom is 0.269 e. The van der Waals surface area contributed by atoms with Crippen molar-refractivity contribution in [3.63, 3.8) is 0 Å². The summed E-state index contributed by atoms with van der Waals surface area (Å²) in [4.78, 5) is 10.4. The Balaban J connectivity index is 1.74. The Bertz CT molecular complexity index is 863. The highest BCUT2D eigenvalue weighted by Gasteiger charge is 2.09. The van der Waals surface area contributed by atoms with Gasteiger partial charge in [-0.05, 0) is 29.2 Å². The number of hydrogen-bond donors (Lipinski definition) is 1. The Kier molecular flexibility index (Phi) is 6.13. The normalized spacial score (nSPS) is 11.6. The van der Waals surface area contributed by atoms with Crippen molar-refractivity contribution in [3.05, 3.63) is 118 Å². The van der Waals surface area contributed by atoms with E-state index in [2.05, 4.69) is 42.6 Å². The molecule has 4 heteroatoms. The Hall–Kier alpha value is -3.24. The lowest BCUT2D eigenvalue weighted by atomic mass is 9.97. The van der Waals surface area contributed by atoms with Crippen LogP contribution < -0.4 is 5.32 Å². The molecule has 0 fully saturated rings. The average molecular weight is 358 g/mol. The molecule has 136 valence electrons. The number of nitrogens with one attached hydrogen (secondary N) is 1. The van der Waals surface area contributed by atoms with E-state index in [-0.39, 0.29) is 16.7 Å². The first-order valence-corrected chi connectivity index (χ1v) is 8.94. The number of nitro benzene ring substituents is 1. The smallest absolute Gasteiger partial charge is 0.269 e. The molecule has 1 N–H and O–H groups in total. The van der Waals surface area contributed by atoms with Gasteiger partial charge in [-0.2, -0.15) is 0 Å². The summed E-state index contributed by atoms with van der Waals surface area (Å²) in [5.41, 5.74) is 4.66. The lowest BCUT2D eigenvalue weighted by molar-refractivity contribution is -0.384. The van der Waals surface area contributed by atoms with Crippen molar-refractivity contribution in [3.8, 4) is 0 Å². The summed E-state index contributed by atoms with van der Waals surface area (Å²) in [6, 6.07) is 27.4. The van der Waals surface area contributed by atoms with Gasteiger partial charge in [-0.1, -0.05) is 78.9 Å². The molecule has 0 aliphatic carbocycles. The summed E-state index contributed by atoms with van der Waals surface area (Å²) < 4.78 is 0. The molecule has 0 saturated carbocycles. The van der Waals surface area contributed by atoms with Crippen LogP contribution in [0.3, 0.4) is 0 Å². The highest BCUT2D eigenvalue weighted by Crippen LogP contribution is 2.23. The standard InChI is InChI=1S/C23H22N2O2/c1-18(19-12-14-22(15-13-19)25(26)27)24-17-16-23(20-8-4-2-5-9-20)21-10-6-3-7-11-21/h2-16,18,24H,17H2,1H3/t18-/m1/s1. The SMILES string of the molecule is C[C@@H](NCC=C(c1ccccc1)c1ccccc1)c1ccc([N+](=O)[O-])cc1. The second kappa shape index (κ2) is 8.92. The van der Waals surface area contributed by atoms with Crippen LogP contribution >= 0.6 is 0 Å². The van der Waals surface area contributed by atoms with Crippen molar-refractivity contribution in [1.82, 2.24) is 5.32 Å². The van der Waals surface area contributed by atoms with Crippen LogP contribution in [0, 0.1) is 10.1 Å². The predicted octanol–water partition coefficient (Wildman–Crippen LogP) is 5.38. The Morgan fingerprint density at radius 2 is 1.44 bits per heavy atom. The van der Waals surface area contributed by atoms with Crippen LogP contribution in [0.15, 0.2) is 91.0 Å². The van der Waals surface area contributed by atoms with E-state index in [4.69, 9.17) is 0 Å². The Morgan fingerprint density at radius 3 is 1.93 bits per heavy atom. The molecule has 4 nitrogen and oxygen atoms in total. The topological polar surface area (TPSA) is 55.2 Å². The van der Waals surface area contributed by atoms with E-state index >= 15 is 0 Å². The molecule has 0 bridgehead atoms. The highest BCUT2D eigenvalue weighted by atomic mass is 16.6. The molecule has 3 aromatic carbocycles. The molecule has 3 aromatic rings. The third-order valence-corrected chi connectivity index (χ3v) is 4.50. The summed E-state index contributed by atoms with van der Waals surface area (Å²) in [7, 11) is 0. The van der Waals surface area contributed by atoms with Crippen molar-refractivity contribution in [1.29, 1.82) is 0 Å². The van der Waals surface area contributed by atoms with Crippen LogP contribution in [0.25, 0.3) is 5.57 Å². The zero-order valence-electron chi connectivity index (χ0n) is 15.2. The van der Waals surface area contributed by atoms with Crippen LogP contribution in [-0.2, 0) is 0 Å². The van der Waals surface area contributed by atoms with Crippen molar-refractivity contribution in [2.24, 2.45) is 0 Å². The molecule has 0 amide bonds. The van der Waals surface area contributed by atoms with E-state index in [1.165, 1.54) is 16.7 Å². The van der Waals surface area contributed by atoms with Gasteiger partial charge >= 0.3 is 0 Å². The van der Waals surface area contributed by atoms with Crippen LogP contribution in [0.4, 0.5) is 5.69 Å². The van der Waals surface area contributed by atoms with Crippen molar-refractivity contribution < 1.29 is 4.92 Å². The largest absolute Gasteiger partial charge is 0.307 e. The fraction of sp³-hybridized carbons (Fsp3) is 0.130. The van der Waals surface area contributed by atoms with Gasteiger partial charge in [-0.15, -0.1) is 0 Å². The molecule has 27 heavy (non-hydrogen) atoms. The molecule has 0 heterocycles. The van der Waals surface area contributed by atoms with Gasteiger partial charge in [-0.3, -0.25) is 10.1 Å². The van der Waals surface area contributed by atoms with E-state index in [0.29, 0.717) is 6.54 Å². The van der Waals surface area contributed by atoms with Crippen molar-refractivity contribution in [2.75, 3.05) is 6.54 Å². The third kappa shape index (κ3) is 4.90. The summed E-state index contributed by atoms with van der Waals surface area (Å²) in [6.07, 6.45) is 2.19. The number of nitrogens with zero attached hydrogens (tertiary/aromatic N) is 1. The second-order valence-corrected chi connectivity index (χ2v) is 6.33. The monoisotopic (exact) mass is 358 g/mol. The van der Waals surface area contributed by atoms with Gasteiger partial charge in [0, 0.05) is 24.7 Å². The first-order chi connectivity index (χ1) is 13.1. The van der Waals surface area contributed by atoms with Gasteiger partial charge in [0.25, 0.3) is 5.69 Å². The minimum absolute atomic E-state index is 0.0925. The van der Waals surface area contributed by atoms with Crippen LogP contribution in [0.5, 0.6) is 0 Å². The lowest BCUT2D eigenvalue weighted by Gasteiger charge is -2.14. The molecule has 0 saturated heterocycles. The van der Waals surface area contributed by atoms with Crippen molar-refractivity contribution in [2.45, 2.75) is 13.0 Å². The van der Waals surface area contributed by atoms with Gasteiger partial charge in [0.05, 0.1) is 4.92 Å². The molecular weight excluding hydrogens is 336 g/mol. The van der Waals surface area contributed by atoms with Gasteiger partial charge < -0.3 is 5.32 Å². The maximum atomic E-state index is 10.8. The van der Waals surface area contributed by atoms with E-state index in [1.54, 1.807) is 24.3 Å². The average Bonchev–Trinajstić information content (AvgIpc) is 2.72. The second-order valence-electron chi connectivity index (χ2n) is 6.33. The molecule has 0 radical (unpaired) electrons. The highest BCUT2D eigenvalue weighted by molar-refractivity contribution is 5.79. The van der Waals surface area contributed by atoms with E-state index < -0.39 is 0 Å². The number of nitro groups is 1. The summed E-state index contributed by atoms with van der Waals surface area (Å²) in [6.45, 7) is 2.75. The number of non-ortho nitro benzene ring substituents is 1. The molecule has 0 aromatic heterocycles. The van der Waals surface area contributed by atoms with E-state index in [1.807, 2.05) is 36.4 Å². The van der Waals surface area contributed by atoms with Crippen LogP contribution in [0.2, 0.25) is 0 Å². The summed E-state index contributed by atoms with van der Waals surface area (Å²) in [5, 5.41) is 14.3. The Labute approximate surface area is 159 Å². The van der Waals surface area contributed by atoms with Gasteiger partial charge in [0.1, 0.15) is 0 Å². The number of hydrogen-bond acceptors (Lipinski definition) is 3. The number of benzene rings is 3. The first-order valence-electron chi connectivity index (χ1n) is 8.94. The zero-order chi connectivity index (χ0) is 19.1. The summed E-state index contributed by atoms with van der Waals surface area (Å²) in [5.74, 6) is 0. The van der Waals surface area contributed by atoms with E-state index in [9.17, 15) is 10.1 Å². The molecule has 0 aliphatic heterocycles. The number of rotatable bonds is 7. The third-order valence-electron chi connectivity index (χ3n) is 4.50. The molecule has 3 rings (SSSR count). The van der Waals surface area contributed by atoms with Crippen LogP contribution in [-0.4, -0.2) is 11.5 Å². The predicted molar refractivity (Wildman–Crippen MR) is 109 cm³/mol. The maximum absolute atomic E-state index is 10.8. The molecule has 0 spiro atoms. The fourth-order valence-electron chi connectivity index (χ4n) is 2.98.